The molecule has 0 aliphatic heterocycles. The van der Waals surface area contributed by atoms with Crippen LogP contribution < -0.4 is 9.47 Å². The van der Waals surface area contributed by atoms with Crippen molar-refractivity contribution in [1.29, 1.82) is 0 Å². The molecule has 24 heavy (non-hydrogen) atoms. The molecule has 0 aromatic heterocycles. The Bertz CT molecular complexity index is 688. The van der Waals surface area contributed by atoms with Gasteiger partial charge in [0.15, 0.2) is 12.9 Å². The third-order valence-corrected chi connectivity index (χ3v) is 3.33. The van der Waals surface area contributed by atoms with E-state index in [0.29, 0.717) is 29.9 Å². The Kier molecular flexibility index (Phi) is 6.31. The van der Waals surface area contributed by atoms with Gasteiger partial charge in [0, 0.05) is 7.05 Å². The van der Waals surface area contributed by atoms with Crippen molar-refractivity contribution in [3.63, 3.8) is 0 Å². The van der Waals surface area contributed by atoms with E-state index < -0.39 is 0 Å². The van der Waals surface area contributed by atoms with Gasteiger partial charge in [-0.2, -0.15) is 0 Å². The number of hydrogen-bond donors (Lipinski definition) is 0. The first-order valence-corrected chi connectivity index (χ1v) is 7.39. The molecule has 1 amide bonds. The normalized spacial score (nSPS) is 10.1. The summed E-state index contributed by atoms with van der Waals surface area (Å²) in [6, 6.07) is 12.4. The SMILES string of the molecule is CN(CCOc1ccc(F)cc1)C(=O)COc1ccccc1C=O. The van der Waals surface area contributed by atoms with E-state index in [9.17, 15) is 14.0 Å². The fourth-order valence-corrected chi connectivity index (χ4v) is 1.91. The van der Waals surface area contributed by atoms with Crippen LogP contribution >= 0.6 is 0 Å². The molecule has 0 saturated heterocycles. The fourth-order valence-electron chi connectivity index (χ4n) is 1.91. The van der Waals surface area contributed by atoms with Crippen molar-refractivity contribution in [2.45, 2.75) is 0 Å². The zero-order chi connectivity index (χ0) is 17.4. The summed E-state index contributed by atoms with van der Waals surface area (Å²) in [6.07, 6.45) is 0.681. The summed E-state index contributed by atoms with van der Waals surface area (Å²) in [7, 11) is 1.63. The zero-order valence-corrected chi connectivity index (χ0v) is 13.3. The van der Waals surface area contributed by atoms with E-state index in [1.54, 1.807) is 31.3 Å². The van der Waals surface area contributed by atoms with E-state index in [0.717, 1.165) is 0 Å². The van der Waals surface area contributed by atoms with E-state index in [1.165, 1.54) is 29.2 Å². The van der Waals surface area contributed by atoms with Crippen molar-refractivity contribution in [3.05, 3.63) is 59.9 Å². The van der Waals surface area contributed by atoms with Gasteiger partial charge in [-0.05, 0) is 36.4 Å². The lowest BCUT2D eigenvalue weighted by Gasteiger charge is -2.18. The summed E-state index contributed by atoms with van der Waals surface area (Å²) >= 11 is 0. The van der Waals surface area contributed by atoms with Crippen LogP contribution in [0, 0.1) is 5.82 Å². The number of carbonyl (C=O) groups excluding carboxylic acids is 2. The molecule has 0 bridgehead atoms. The fraction of sp³-hybridized carbons (Fsp3) is 0.222. The van der Waals surface area contributed by atoms with Crippen molar-refractivity contribution in [2.24, 2.45) is 0 Å². The average Bonchev–Trinajstić information content (AvgIpc) is 2.61. The van der Waals surface area contributed by atoms with E-state index in [4.69, 9.17) is 9.47 Å². The first-order chi connectivity index (χ1) is 11.6. The van der Waals surface area contributed by atoms with Gasteiger partial charge in [-0.15, -0.1) is 0 Å². The van der Waals surface area contributed by atoms with Crippen LogP contribution in [0.5, 0.6) is 11.5 Å². The third-order valence-electron chi connectivity index (χ3n) is 3.33. The Balaban J connectivity index is 1.75. The van der Waals surface area contributed by atoms with Gasteiger partial charge in [0.2, 0.25) is 0 Å². The Morgan fingerprint density at radius 1 is 1.12 bits per heavy atom. The molecule has 0 radical (unpaired) electrons. The molecule has 2 aromatic carbocycles. The minimum atomic E-state index is -0.331. The molecule has 0 unspecified atom stereocenters. The topological polar surface area (TPSA) is 55.8 Å². The molecule has 0 aliphatic carbocycles. The minimum absolute atomic E-state index is 0.169. The van der Waals surface area contributed by atoms with Gasteiger partial charge < -0.3 is 14.4 Å². The number of benzene rings is 2. The summed E-state index contributed by atoms with van der Waals surface area (Å²) in [4.78, 5) is 24.4. The quantitative estimate of drug-likeness (QED) is 0.698. The van der Waals surface area contributed by atoms with Crippen LogP contribution in [0.25, 0.3) is 0 Å². The number of halogens is 1. The third kappa shape index (κ3) is 5.08. The first-order valence-electron chi connectivity index (χ1n) is 7.39. The van der Waals surface area contributed by atoms with Gasteiger partial charge >= 0.3 is 0 Å². The Hall–Kier alpha value is -2.89. The summed E-state index contributed by atoms with van der Waals surface area (Å²) in [5.74, 6) is 0.339. The van der Waals surface area contributed by atoms with Crippen molar-refractivity contribution >= 4 is 12.2 Å². The lowest BCUT2D eigenvalue weighted by Crippen LogP contribution is -2.34. The summed E-state index contributed by atoms with van der Waals surface area (Å²) in [5, 5.41) is 0. The molecule has 126 valence electrons. The van der Waals surface area contributed by atoms with E-state index in [2.05, 4.69) is 0 Å². The number of para-hydroxylation sites is 1. The number of ether oxygens (including phenoxy) is 2. The van der Waals surface area contributed by atoms with Gasteiger partial charge in [0.05, 0.1) is 12.1 Å². The van der Waals surface area contributed by atoms with Gasteiger partial charge in [0.1, 0.15) is 23.9 Å². The minimum Gasteiger partial charge on any atom is -0.492 e. The zero-order valence-electron chi connectivity index (χ0n) is 13.3. The molecule has 0 atom stereocenters. The second kappa shape index (κ2) is 8.67. The van der Waals surface area contributed by atoms with Crippen molar-refractivity contribution in [3.8, 4) is 11.5 Å². The molecular formula is C18H18FNO4. The summed E-state index contributed by atoms with van der Waals surface area (Å²) in [5.41, 5.74) is 0.396. The van der Waals surface area contributed by atoms with Crippen LogP contribution in [0.3, 0.4) is 0 Å². The van der Waals surface area contributed by atoms with Gasteiger partial charge in [-0.3, -0.25) is 9.59 Å². The Labute approximate surface area is 139 Å². The molecule has 2 rings (SSSR count). The highest BCUT2D eigenvalue weighted by atomic mass is 19.1. The van der Waals surface area contributed by atoms with Crippen LogP contribution in [0.1, 0.15) is 10.4 Å². The molecule has 2 aromatic rings. The first kappa shape index (κ1) is 17.5. The second-order valence-corrected chi connectivity index (χ2v) is 5.06. The van der Waals surface area contributed by atoms with Crippen molar-refractivity contribution < 1.29 is 23.5 Å². The van der Waals surface area contributed by atoms with Crippen LogP contribution in [-0.4, -0.2) is 43.9 Å². The van der Waals surface area contributed by atoms with Gasteiger partial charge in [-0.25, -0.2) is 4.39 Å². The standard InChI is InChI=1S/C18H18FNO4/c1-20(10-11-23-16-8-6-15(19)7-9-16)18(22)13-24-17-5-3-2-4-14(17)12-21/h2-9,12H,10-11,13H2,1H3. The van der Waals surface area contributed by atoms with Crippen molar-refractivity contribution in [1.82, 2.24) is 4.90 Å². The van der Waals surface area contributed by atoms with E-state index in [1.807, 2.05) is 0 Å². The smallest absolute Gasteiger partial charge is 0.260 e. The Morgan fingerprint density at radius 3 is 2.54 bits per heavy atom. The van der Waals surface area contributed by atoms with Crippen LogP contribution in [0.15, 0.2) is 48.5 Å². The van der Waals surface area contributed by atoms with Gasteiger partial charge in [0.25, 0.3) is 5.91 Å². The molecule has 0 fully saturated rings. The predicted molar refractivity (Wildman–Crippen MR) is 86.9 cm³/mol. The lowest BCUT2D eigenvalue weighted by atomic mass is 10.2. The average molecular weight is 331 g/mol. The highest BCUT2D eigenvalue weighted by Crippen LogP contribution is 2.15. The van der Waals surface area contributed by atoms with E-state index in [-0.39, 0.29) is 24.9 Å². The number of aldehydes is 1. The van der Waals surface area contributed by atoms with Crippen molar-refractivity contribution in [2.75, 3.05) is 26.8 Å². The summed E-state index contributed by atoms with van der Waals surface area (Å²) in [6.45, 7) is 0.464. The maximum Gasteiger partial charge on any atom is 0.260 e. The van der Waals surface area contributed by atoms with Crippen LogP contribution in [0.4, 0.5) is 4.39 Å². The monoisotopic (exact) mass is 331 g/mol. The highest BCUT2D eigenvalue weighted by molar-refractivity contribution is 5.80. The van der Waals surface area contributed by atoms with Crippen LogP contribution in [-0.2, 0) is 4.79 Å². The number of amides is 1. The molecule has 6 heteroatoms. The number of likely N-dealkylation sites (N-methyl/N-ethyl adjacent to an activating group) is 1. The number of nitrogens with zero attached hydrogens (tertiary/aromatic N) is 1. The predicted octanol–water partition coefficient (Wildman–Crippen LogP) is 2.55. The Morgan fingerprint density at radius 2 is 1.83 bits per heavy atom. The van der Waals surface area contributed by atoms with Crippen LogP contribution in [0.2, 0.25) is 0 Å². The van der Waals surface area contributed by atoms with E-state index >= 15 is 0 Å². The van der Waals surface area contributed by atoms with Gasteiger partial charge in [-0.1, -0.05) is 12.1 Å². The molecule has 0 saturated carbocycles. The molecule has 0 N–H and O–H groups in total. The second-order valence-electron chi connectivity index (χ2n) is 5.06. The number of carbonyl (C=O) groups is 2. The molecule has 0 spiro atoms. The number of rotatable bonds is 8. The molecule has 0 aliphatic rings. The molecule has 0 heterocycles. The number of hydrogen-bond acceptors (Lipinski definition) is 4. The summed E-state index contributed by atoms with van der Waals surface area (Å²) < 4.78 is 23.6. The highest BCUT2D eigenvalue weighted by Gasteiger charge is 2.11. The maximum absolute atomic E-state index is 12.8. The lowest BCUT2D eigenvalue weighted by molar-refractivity contribution is -0.132. The largest absolute Gasteiger partial charge is 0.492 e. The maximum atomic E-state index is 12.8. The molecule has 5 nitrogen and oxygen atoms in total. The molecular weight excluding hydrogens is 313 g/mol.